The monoisotopic (exact) mass is 544 g/mol. The minimum absolute atomic E-state index is 0.0315. The minimum Gasteiger partial charge on any atom is -0.445 e. The number of benzene rings is 3. The lowest BCUT2D eigenvalue weighted by Gasteiger charge is -2.20. The Morgan fingerprint density at radius 2 is 1.73 bits per heavy atom. The molecular weight excluding hydrogens is 512 g/mol. The first-order valence-electron chi connectivity index (χ1n) is 13.2. The molecule has 0 bridgehead atoms. The molecule has 10 heteroatoms. The van der Waals surface area contributed by atoms with E-state index in [-0.39, 0.29) is 31.3 Å². The number of fused-ring (bicyclic) bond motifs is 1. The van der Waals surface area contributed by atoms with E-state index in [0.29, 0.717) is 19.3 Å². The Morgan fingerprint density at radius 3 is 2.48 bits per heavy atom. The zero-order valence-corrected chi connectivity index (χ0v) is 21.9. The first-order valence-corrected chi connectivity index (χ1v) is 13.2. The van der Waals surface area contributed by atoms with E-state index >= 15 is 0 Å². The third-order valence-electron chi connectivity index (χ3n) is 6.76. The molecule has 1 saturated heterocycles. The highest BCUT2D eigenvalue weighted by atomic mass is 16.5. The number of hydrogen-bond donors (Lipinski definition) is 4. The molecule has 208 valence electrons. The minimum atomic E-state index is -1.04. The van der Waals surface area contributed by atoms with Crippen LogP contribution in [0.5, 0.6) is 0 Å². The van der Waals surface area contributed by atoms with E-state index in [4.69, 9.17) is 4.74 Å². The first-order chi connectivity index (χ1) is 19.4. The number of carbonyl (C=O) groups is 5. The largest absolute Gasteiger partial charge is 0.445 e. The van der Waals surface area contributed by atoms with Crippen molar-refractivity contribution in [3.63, 3.8) is 0 Å². The topological polar surface area (TPSA) is 143 Å². The highest BCUT2D eigenvalue weighted by Gasteiger charge is 2.28. The fraction of sp³-hybridized carbons (Fsp3) is 0.300. The standard InChI is InChI=1S/C30H32N4O6/c35-18-24(15-23-13-14-31-28(23)37)33-27(36)17-32-29(38)26(34-30(39)40-19-20-7-2-1-3-8-20)16-22-11-6-10-21-9-4-5-12-25(21)22/h1-12,18,23-24,26H,13-17,19H2,(H,31,37)(H,32,38)(H,33,36)(H,34,39)/t23-,24-,26-/m0/s1. The van der Waals surface area contributed by atoms with Gasteiger partial charge in [-0.05, 0) is 34.7 Å². The van der Waals surface area contributed by atoms with Gasteiger partial charge >= 0.3 is 6.09 Å². The molecule has 4 amide bonds. The van der Waals surface area contributed by atoms with E-state index in [9.17, 15) is 24.0 Å². The van der Waals surface area contributed by atoms with Crippen LogP contribution in [-0.2, 0) is 36.9 Å². The van der Waals surface area contributed by atoms with Crippen LogP contribution >= 0.6 is 0 Å². The Balaban J connectivity index is 1.39. The molecule has 1 fully saturated rings. The van der Waals surface area contributed by atoms with Gasteiger partial charge in [0.25, 0.3) is 0 Å². The van der Waals surface area contributed by atoms with Crippen LogP contribution < -0.4 is 21.3 Å². The smallest absolute Gasteiger partial charge is 0.408 e. The predicted octanol–water partition coefficient (Wildman–Crippen LogP) is 2.00. The average Bonchev–Trinajstić information content (AvgIpc) is 3.38. The Kier molecular flexibility index (Phi) is 9.82. The van der Waals surface area contributed by atoms with Crippen molar-refractivity contribution in [1.82, 2.24) is 21.3 Å². The Bertz CT molecular complexity index is 1360. The molecule has 0 saturated carbocycles. The van der Waals surface area contributed by atoms with E-state index in [1.165, 1.54) is 0 Å². The number of ether oxygens (including phenoxy) is 1. The zero-order chi connectivity index (χ0) is 28.3. The predicted molar refractivity (Wildman–Crippen MR) is 148 cm³/mol. The molecule has 40 heavy (non-hydrogen) atoms. The Hall–Kier alpha value is -4.73. The van der Waals surface area contributed by atoms with Crippen molar-refractivity contribution < 1.29 is 28.7 Å². The molecule has 0 aliphatic carbocycles. The molecule has 1 aliphatic rings. The van der Waals surface area contributed by atoms with E-state index in [0.717, 1.165) is 21.9 Å². The molecule has 3 aromatic carbocycles. The molecule has 3 aromatic rings. The molecular formula is C30H32N4O6. The third-order valence-corrected chi connectivity index (χ3v) is 6.76. The van der Waals surface area contributed by atoms with Gasteiger partial charge in [0.2, 0.25) is 17.7 Å². The summed E-state index contributed by atoms with van der Waals surface area (Å²) in [5, 5.41) is 12.3. The Morgan fingerprint density at radius 1 is 0.975 bits per heavy atom. The van der Waals surface area contributed by atoms with Crippen LogP contribution in [0.2, 0.25) is 0 Å². The van der Waals surface area contributed by atoms with Gasteiger partial charge < -0.3 is 30.8 Å². The van der Waals surface area contributed by atoms with Gasteiger partial charge in [-0.15, -0.1) is 0 Å². The number of amides is 4. The second-order valence-electron chi connectivity index (χ2n) is 9.64. The van der Waals surface area contributed by atoms with E-state index in [1.54, 1.807) is 0 Å². The number of carbonyl (C=O) groups excluding carboxylic acids is 5. The highest BCUT2D eigenvalue weighted by Crippen LogP contribution is 2.20. The van der Waals surface area contributed by atoms with E-state index < -0.39 is 36.5 Å². The molecule has 4 N–H and O–H groups in total. The summed E-state index contributed by atoms with van der Waals surface area (Å²) in [5.41, 5.74) is 1.63. The van der Waals surface area contributed by atoms with Crippen LogP contribution in [0.4, 0.5) is 4.79 Å². The normalized spacial score (nSPS) is 15.9. The van der Waals surface area contributed by atoms with Gasteiger partial charge in [-0.2, -0.15) is 0 Å². The fourth-order valence-corrected chi connectivity index (χ4v) is 4.68. The van der Waals surface area contributed by atoms with Gasteiger partial charge in [0.05, 0.1) is 12.6 Å². The molecule has 0 unspecified atom stereocenters. The van der Waals surface area contributed by atoms with Crippen molar-refractivity contribution in [2.24, 2.45) is 5.92 Å². The maximum absolute atomic E-state index is 13.2. The second-order valence-corrected chi connectivity index (χ2v) is 9.64. The lowest BCUT2D eigenvalue weighted by Crippen LogP contribution is -2.51. The van der Waals surface area contributed by atoms with Gasteiger partial charge in [0.1, 0.15) is 18.9 Å². The van der Waals surface area contributed by atoms with Crippen molar-refractivity contribution in [1.29, 1.82) is 0 Å². The maximum Gasteiger partial charge on any atom is 0.408 e. The van der Waals surface area contributed by atoms with Crippen LogP contribution in [0.15, 0.2) is 72.8 Å². The van der Waals surface area contributed by atoms with Crippen molar-refractivity contribution in [3.05, 3.63) is 83.9 Å². The molecule has 4 rings (SSSR count). The Labute approximate surface area is 231 Å². The molecule has 3 atom stereocenters. The number of alkyl carbamates (subject to hydrolysis) is 1. The number of nitrogens with one attached hydrogen (secondary N) is 4. The summed E-state index contributed by atoms with van der Waals surface area (Å²) < 4.78 is 5.32. The summed E-state index contributed by atoms with van der Waals surface area (Å²) >= 11 is 0. The lowest BCUT2D eigenvalue weighted by atomic mass is 9.98. The van der Waals surface area contributed by atoms with Gasteiger partial charge in [0, 0.05) is 18.9 Å². The highest BCUT2D eigenvalue weighted by molar-refractivity contribution is 5.92. The van der Waals surface area contributed by atoms with Crippen molar-refractivity contribution >= 4 is 40.9 Å². The summed E-state index contributed by atoms with van der Waals surface area (Å²) in [5.74, 6) is -1.66. The summed E-state index contributed by atoms with van der Waals surface area (Å²) in [4.78, 5) is 61.6. The van der Waals surface area contributed by atoms with Crippen LogP contribution in [0, 0.1) is 5.92 Å². The summed E-state index contributed by atoms with van der Waals surface area (Å²) in [7, 11) is 0. The molecule has 10 nitrogen and oxygen atoms in total. The second kappa shape index (κ2) is 13.9. The average molecular weight is 545 g/mol. The molecule has 1 aliphatic heterocycles. The number of rotatable bonds is 12. The lowest BCUT2D eigenvalue weighted by molar-refractivity contribution is -0.128. The fourth-order valence-electron chi connectivity index (χ4n) is 4.68. The van der Waals surface area contributed by atoms with Gasteiger partial charge in [-0.25, -0.2) is 4.79 Å². The third kappa shape index (κ3) is 7.89. The van der Waals surface area contributed by atoms with Crippen LogP contribution in [0.1, 0.15) is 24.0 Å². The summed E-state index contributed by atoms with van der Waals surface area (Å²) in [6.45, 7) is 0.161. The van der Waals surface area contributed by atoms with Crippen LogP contribution in [0.3, 0.4) is 0 Å². The van der Waals surface area contributed by atoms with Crippen LogP contribution in [0.25, 0.3) is 10.8 Å². The first kappa shape index (κ1) is 28.3. The quantitative estimate of drug-likeness (QED) is 0.257. The molecule has 0 spiro atoms. The molecule has 0 radical (unpaired) electrons. The van der Waals surface area contributed by atoms with Crippen molar-refractivity contribution in [2.45, 2.75) is 38.0 Å². The zero-order valence-electron chi connectivity index (χ0n) is 21.9. The SMILES string of the molecule is O=C[C@H](C[C@@H]1CCNC1=O)NC(=O)CNC(=O)[C@H](Cc1cccc2ccccc12)NC(=O)OCc1ccccc1. The number of aldehydes is 1. The molecule has 0 aromatic heterocycles. The number of hydrogen-bond acceptors (Lipinski definition) is 6. The van der Waals surface area contributed by atoms with Gasteiger partial charge in [0.15, 0.2) is 0 Å². The van der Waals surface area contributed by atoms with Crippen molar-refractivity contribution in [2.75, 3.05) is 13.1 Å². The summed E-state index contributed by atoms with van der Waals surface area (Å²) in [6, 6.07) is 20.7. The van der Waals surface area contributed by atoms with Crippen LogP contribution in [-0.4, -0.2) is 55.3 Å². The van der Waals surface area contributed by atoms with E-state index in [1.807, 2.05) is 72.8 Å². The summed E-state index contributed by atoms with van der Waals surface area (Å²) in [6.07, 6.45) is 0.747. The molecule has 1 heterocycles. The van der Waals surface area contributed by atoms with E-state index in [2.05, 4.69) is 21.3 Å². The van der Waals surface area contributed by atoms with Crippen molar-refractivity contribution in [3.8, 4) is 0 Å². The van der Waals surface area contributed by atoms with Gasteiger partial charge in [-0.3, -0.25) is 14.4 Å². The maximum atomic E-state index is 13.2. The van der Waals surface area contributed by atoms with Gasteiger partial charge in [-0.1, -0.05) is 72.8 Å².